The van der Waals surface area contributed by atoms with Crippen molar-refractivity contribution in [2.45, 2.75) is 69.0 Å². The van der Waals surface area contributed by atoms with Crippen LogP contribution in [-0.4, -0.2) is 62.9 Å². The van der Waals surface area contributed by atoms with Crippen molar-refractivity contribution in [3.63, 3.8) is 0 Å². The molecule has 0 saturated carbocycles. The topological polar surface area (TPSA) is 94.3 Å². The molecule has 0 spiro atoms. The maximum Gasteiger partial charge on any atom is 0.159 e. The van der Waals surface area contributed by atoms with Crippen LogP contribution in [0.15, 0.2) is 4.99 Å². The Labute approximate surface area is 123 Å². The zero-order valence-electron chi connectivity index (χ0n) is 11.9. The molecule has 0 amide bonds. The van der Waals surface area contributed by atoms with Gasteiger partial charge in [0.15, 0.2) is 5.17 Å². The summed E-state index contributed by atoms with van der Waals surface area (Å²) in [7, 11) is 0. The molecule has 20 heavy (non-hydrogen) atoms. The third kappa shape index (κ3) is 3.28. The largest absolute Gasteiger partial charge is 0.390 e. The van der Waals surface area contributed by atoms with Gasteiger partial charge in [0.05, 0.1) is 12.1 Å². The van der Waals surface area contributed by atoms with E-state index in [2.05, 4.69) is 10.3 Å². The second kappa shape index (κ2) is 7.09. The Bertz CT molecular complexity index is 355. The van der Waals surface area contributed by atoms with Crippen LogP contribution in [0.4, 0.5) is 0 Å². The van der Waals surface area contributed by atoms with Crippen LogP contribution in [0.2, 0.25) is 0 Å². The molecule has 0 aromatic heterocycles. The first kappa shape index (κ1) is 16.0. The van der Waals surface area contributed by atoms with Crippen LogP contribution < -0.4 is 5.32 Å². The van der Waals surface area contributed by atoms with Crippen LogP contribution in [-0.2, 0) is 4.74 Å². The van der Waals surface area contributed by atoms with Gasteiger partial charge in [0.25, 0.3) is 0 Å². The number of hydrogen-bond donors (Lipinski definition) is 4. The van der Waals surface area contributed by atoms with Crippen LogP contribution in [0.3, 0.4) is 0 Å². The molecule has 2 heterocycles. The number of nitrogens with one attached hydrogen (secondary N) is 1. The van der Waals surface area contributed by atoms with E-state index in [0.29, 0.717) is 13.0 Å². The highest BCUT2D eigenvalue weighted by atomic mass is 32.2. The van der Waals surface area contributed by atoms with Crippen molar-refractivity contribution in [2.24, 2.45) is 4.99 Å². The Morgan fingerprint density at radius 3 is 2.75 bits per heavy atom. The maximum absolute atomic E-state index is 10.2. The third-order valence-corrected chi connectivity index (χ3v) is 4.80. The fraction of sp³-hybridized carbons (Fsp3) is 0.923. The first-order valence-corrected chi connectivity index (χ1v) is 8.13. The van der Waals surface area contributed by atoms with E-state index in [1.54, 1.807) is 0 Å². The molecule has 0 bridgehead atoms. The molecule has 6 nitrogen and oxygen atoms in total. The molecule has 5 unspecified atom stereocenters. The van der Waals surface area contributed by atoms with Gasteiger partial charge in [-0.15, -0.1) is 0 Å². The van der Waals surface area contributed by atoms with Gasteiger partial charge >= 0.3 is 0 Å². The van der Waals surface area contributed by atoms with E-state index in [-0.39, 0.29) is 11.5 Å². The maximum atomic E-state index is 10.2. The van der Waals surface area contributed by atoms with E-state index in [1.807, 2.05) is 13.8 Å². The summed E-state index contributed by atoms with van der Waals surface area (Å²) in [5, 5.41) is 34.3. The lowest BCUT2D eigenvalue weighted by Crippen LogP contribution is -2.61. The van der Waals surface area contributed by atoms with Crippen LogP contribution in [0.25, 0.3) is 0 Å². The highest BCUT2D eigenvalue weighted by Crippen LogP contribution is 2.35. The summed E-state index contributed by atoms with van der Waals surface area (Å²) in [6.45, 7) is 4.62. The van der Waals surface area contributed by atoms with Crippen molar-refractivity contribution in [3.8, 4) is 0 Å². The summed E-state index contributed by atoms with van der Waals surface area (Å²) in [4.78, 5) is 4.26. The van der Waals surface area contributed by atoms with Crippen LogP contribution in [0.1, 0.15) is 33.1 Å². The lowest BCUT2D eigenvalue weighted by atomic mass is 9.92. The molecule has 0 aromatic rings. The molecular weight excluding hydrogens is 280 g/mol. The number of thioether (sulfide) groups is 1. The summed E-state index contributed by atoms with van der Waals surface area (Å²) in [6.07, 6.45) is -1.15. The van der Waals surface area contributed by atoms with Gasteiger partial charge in [0, 0.05) is 6.54 Å². The number of fused-ring (bicyclic) bond motifs is 1. The van der Waals surface area contributed by atoms with Crippen LogP contribution >= 0.6 is 11.8 Å². The zero-order chi connectivity index (χ0) is 14.7. The van der Waals surface area contributed by atoms with Gasteiger partial charge in [-0.3, -0.25) is 4.99 Å². The third-order valence-electron chi connectivity index (χ3n) is 3.69. The fourth-order valence-corrected chi connectivity index (χ4v) is 3.74. The number of unbranched alkanes of at least 4 members (excludes halogenated alkanes) is 1. The molecule has 6 atom stereocenters. The van der Waals surface area contributed by atoms with Gasteiger partial charge < -0.3 is 25.4 Å². The Kier molecular flexibility index (Phi) is 5.68. The minimum atomic E-state index is -1.09. The van der Waals surface area contributed by atoms with Crippen molar-refractivity contribution in [1.82, 2.24) is 5.32 Å². The van der Waals surface area contributed by atoms with E-state index >= 15 is 0 Å². The Morgan fingerprint density at radius 2 is 2.10 bits per heavy atom. The average molecular weight is 304 g/mol. The second-order valence-electron chi connectivity index (χ2n) is 5.23. The molecule has 7 heteroatoms. The number of ether oxygens (including phenoxy) is 1. The van der Waals surface area contributed by atoms with Crippen LogP contribution in [0, 0.1) is 0 Å². The van der Waals surface area contributed by atoms with E-state index in [1.165, 1.54) is 11.8 Å². The average Bonchev–Trinajstić information content (AvgIpc) is 2.83. The van der Waals surface area contributed by atoms with E-state index in [4.69, 9.17) is 4.74 Å². The van der Waals surface area contributed by atoms with Crippen LogP contribution in [0.5, 0.6) is 0 Å². The second-order valence-corrected chi connectivity index (χ2v) is 6.31. The van der Waals surface area contributed by atoms with Crippen molar-refractivity contribution in [3.05, 3.63) is 0 Å². The molecule has 0 aliphatic carbocycles. The molecule has 2 saturated heterocycles. The van der Waals surface area contributed by atoms with Gasteiger partial charge in [-0.2, -0.15) is 0 Å². The van der Waals surface area contributed by atoms with Crippen molar-refractivity contribution in [1.29, 1.82) is 0 Å². The number of aliphatic hydroxyl groups excluding tert-OH is 3. The summed E-state index contributed by atoms with van der Waals surface area (Å²) >= 11 is 1.40. The first-order chi connectivity index (χ1) is 9.58. The predicted octanol–water partition coefficient (Wildman–Crippen LogP) is 0.0651. The molecular formula is C13H24N2O4S. The monoisotopic (exact) mass is 304 g/mol. The number of aliphatic imine (C=N–C) groups is 1. The van der Waals surface area contributed by atoms with Crippen molar-refractivity contribution >= 4 is 16.9 Å². The highest BCUT2D eigenvalue weighted by molar-refractivity contribution is 8.14. The summed E-state index contributed by atoms with van der Waals surface area (Å²) in [5.74, 6) is 0. The minimum absolute atomic E-state index is 0.319. The number of aliphatic hydroxyl groups is 3. The fourth-order valence-electron chi connectivity index (χ4n) is 2.55. The lowest BCUT2D eigenvalue weighted by molar-refractivity contribution is -0.188. The van der Waals surface area contributed by atoms with E-state index in [9.17, 15) is 15.3 Å². The van der Waals surface area contributed by atoms with E-state index in [0.717, 1.165) is 18.0 Å². The standard InChI is InChI=1S/C13H24N2O4S/c1-3-5-6-7(16)11-10(18)9(17)8-12(19-11)20-13(15-8)14-4-2/h7-12,16-18H,3-6H2,1-2H3,(H,14,15)/t7-,8?,9?,10?,11?,12?/m0/s1. The first-order valence-electron chi connectivity index (χ1n) is 7.25. The summed E-state index contributed by atoms with van der Waals surface area (Å²) in [6, 6.07) is -0.380. The Balaban J connectivity index is 2.03. The SMILES string of the molecule is CCCC[C@H](O)C1OC2SC(=NCC)NC2C(O)C1O. The predicted molar refractivity (Wildman–Crippen MR) is 78.7 cm³/mol. The Hall–Kier alpha value is -0.340. The van der Waals surface area contributed by atoms with Gasteiger partial charge in [0.2, 0.25) is 0 Å². The number of nitrogens with zero attached hydrogens (tertiary/aromatic N) is 1. The summed E-state index contributed by atoms with van der Waals surface area (Å²) in [5.41, 5.74) is -0.319. The van der Waals surface area contributed by atoms with Gasteiger partial charge in [-0.25, -0.2) is 0 Å². The molecule has 4 N–H and O–H groups in total. The smallest absolute Gasteiger partial charge is 0.159 e. The zero-order valence-corrected chi connectivity index (χ0v) is 12.7. The van der Waals surface area contributed by atoms with Crippen molar-refractivity contribution < 1.29 is 20.1 Å². The molecule has 0 aromatic carbocycles. The molecule has 116 valence electrons. The molecule has 2 rings (SSSR count). The minimum Gasteiger partial charge on any atom is -0.390 e. The van der Waals surface area contributed by atoms with E-state index < -0.39 is 24.4 Å². The number of hydrogen-bond acceptors (Lipinski definition) is 6. The normalized spacial score (nSPS) is 40.5. The highest BCUT2D eigenvalue weighted by Gasteiger charge is 2.50. The summed E-state index contributed by atoms with van der Waals surface area (Å²) < 4.78 is 5.79. The molecule has 0 radical (unpaired) electrons. The van der Waals surface area contributed by atoms with Gasteiger partial charge in [-0.1, -0.05) is 31.5 Å². The quantitative estimate of drug-likeness (QED) is 0.574. The van der Waals surface area contributed by atoms with Gasteiger partial charge in [-0.05, 0) is 13.3 Å². The van der Waals surface area contributed by atoms with Crippen molar-refractivity contribution in [2.75, 3.05) is 6.54 Å². The Morgan fingerprint density at radius 1 is 1.35 bits per heavy atom. The molecule has 2 aliphatic rings. The lowest BCUT2D eigenvalue weighted by Gasteiger charge is -2.40. The molecule has 2 fully saturated rings. The number of rotatable bonds is 5. The van der Waals surface area contributed by atoms with Gasteiger partial charge in [0.1, 0.15) is 23.7 Å². The molecule has 2 aliphatic heterocycles. The number of amidine groups is 1.